The van der Waals surface area contributed by atoms with Crippen LogP contribution < -0.4 is 0 Å². The van der Waals surface area contributed by atoms with Crippen LogP contribution in [0, 0.1) is 0 Å². The van der Waals surface area contributed by atoms with Crippen molar-refractivity contribution in [2.24, 2.45) is 0 Å². The standard InChI is InChI=1S/C6H11BrO2/c1-9-4-2-3-6(8)5-7/h2-5H2,1H3. The van der Waals surface area contributed by atoms with Gasteiger partial charge in [0.05, 0.1) is 5.33 Å². The van der Waals surface area contributed by atoms with E-state index in [0.717, 1.165) is 6.42 Å². The quantitative estimate of drug-likeness (QED) is 0.489. The molecule has 0 aliphatic rings. The van der Waals surface area contributed by atoms with Crippen LogP contribution in [0.5, 0.6) is 0 Å². The highest BCUT2D eigenvalue weighted by molar-refractivity contribution is 9.09. The number of alkyl halides is 1. The predicted molar refractivity (Wildman–Crippen MR) is 39.9 cm³/mol. The van der Waals surface area contributed by atoms with E-state index in [-0.39, 0.29) is 5.78 Å². The van der Waals surface area contributed by atoms with E-state index in [4.69, 9.17) is 4.74 Å². The molecule has 0 rings (SSSR count). The number of carbonyl (C=O) groups excluding carboxylic acids is 1. The summed E-state index contributed by atoms with van der Waals surface area (Å²) >= 11 is 3.08. The average Bonchev–Trinajstić information content (AvgIpc) is 1.89. The van der Waals surface area contributed by atoms with Crippen molar-refractivity contribution in [3.8, 4) is 0 Å². The molecule has 0 aromatic heterocycles. The maximum absolute atomic E-state index is 10.6. The van der Waals surface area contributed by atoms with Crippen LogP contribution >= 0.6 is 15.9 Å². The molecule has 0 radical (unpaired) electrons. The van der Waals surface area contributed by atoms with E-state index < -0.39 is 0 Å². The topological polar surface area (TPSA) is 26.3 Å². The van der Waals surface area contributed by atoms with Gasteiger partial charge in [-0.3, -0.25) is 4.79 Å². The summed E-state index contributed by atoms with van der Waals surface area (Å²) in [5, 5.41) is 0.469. The Kier molecular flexibility index (Phi) is 6.31. The summed E-state index contributed by atoms with van der Waals surface area (Å²) in [7, 11) is 1.64. The molecule has 0 amide bonds. The second-order valence-corrected chi connectivity index (χ2v) is 2.33. The molecule has 0 unspecified atom stereocenters. The van der Waals surface area contributed by atoms with E-state index in [1.165, 1.54) is 0 Å². The summed E-state index contributed by atoms with van der Waals surface area (Å²) in [6.07, 6.45) is 1.46. The minimum atomic E-state index is 0.243. The summed E-state index contributed by atoms with van der Waals surface area (Å²) in [6.45, 7) is 0.679. The highest BCUT2D eigenvalue weighted by atomic mass is 79.9. The van der Waals surface area contributed by atoms with Gasteiger partial charge in [0.15, 0.2) is 0 Å². The number of Topliss-reactive ketones (excluding diaryl/α,β-unsaturated/α-hetero) is 1. The van der Waals surface area contributed by atoms with Crippen molar-refractivity contribution in [2.75, 3.05) is 19.0 Å². The fourth-order valence-corrected chi connectivity index (χ4v) is 0.761. The Bertz CT molecular complexity index is 83.1. The normalized spacial score (nSPS) is 9.56. The largest absolute Gasteiger partial charge is 0.385 e. The van der Waals surface area contributed by atoms with Crippen molar-refractivity contribution >= 4 is 21.7 Å². The van der Waals surface area contributed by atoms with Crippen LogP contribution in [-0.4, -0.2) is 24.8 Å². The lowest BCUT2D eigenvalue weighted by Gasteiger charge is -1.94. The molecule has 0 N–H and O–H groups in total. The van der Waals surface area contributed by atoms with E-state index >= 15 is 0 Å². The predicted octanol–water partition coefficient (Wildman–Crippen LogP) is 1.38. The molecule has 0 spiro atoms. The first-order valence-electron chi connectivity index (χ1n) is 2.88. The number of methoxy groups -OCH3 is 1. The van der Waals surface area contributed by atoms with Crippen LogP contribution in [-0.2, 0) is 9.53 Å². The van der Waals surface area contributed by atoms with Gasteiger partial charge in [0.1, 0.15) is 5.78 Å². The third kappa shape index (κ3) is 5.99. The smallest absolute Gasteiger partial charge is 0.143 e. The van der Waals surface area contributed by atoms with Crippen molar-refractivity contribution in [3.63, 3.8) is 0 Å². The van der Waals surface area contributed by atoms with Crippen LogP contribution in [0.2, 0.25) is 0 Å². The maximum atomic E-state index is 10.6. The van der Waals surface area contributed by atoms with Gasteiger partial charge < -0.3 is 4.74 Å². The Morgan fingerprint density at radius 3 is 2.78 bits per heavy atom. The van der Waals surface area contributed by atoms with Gasteiger partial charge in [-0.15, -0.1) is 0 Å². The zero-order valence-corrected chi connectivity index (χ0v) is 7.11. The van der Waals surface area contributed by atoms with Crippen LogP contribution in [0.4, 0.5) is 0 Å². The number of hydrogen-bond acceptors (Lipinski definition) is 2. The molecule has 0 heterocycles. The molecule has 2 nitrogen and oxygen atoms in total. The number of hydrogen-bond donors (Lipinski definition) is 0. The van der Waals surface area contributed by atoms with Crippen LogP contribution in [0.15, 0.2) is 0 Å². The summed E-state index contributed by atoms with van der Waals surface area (Å²) < 4.78 is 4.77. The first-order chi connectivity index (χ1) is 4.31. The molecule has 54 valence electrons. The van der Waals surface area contributed by atoms with Gasteiger partial charge in [-0.1, -0.05) is 15.9 Å². The Labute approximate surface area is 63.7 Å². The molecule has 0 atom stereocenters. The average molecular weight is 195 g/mol. The lowest BCUT2D eigenvalue weighted by Crippen LogP contribution is -2.00. The monoisotopic (exact) mass is 194 g/mol. The molecule has 0 saturated heterocycles. The fraction of sp³-hybridized carbons (Fsp3) is 0.833. The Hall–Kier alpha value is 0.110. The van der Waals surface area contributed by atoms with E-state index in [1.54, 1.807) is 7.11 Å². The molecule has 0 saturated carbocycles. The molecule has 0 aromatic rings. The fourth-order valence-electron chi connectivity index (χ4n) is 0.480. The number of halogens is 1. The Balaban J connectivity index is 2.97. The van der Waals surface area contributed by atoms with Crippen LogP contribution in [0.1, 0.15) is 12.8 Å². The van der Waals surface area contributed by atoms with Gasteiger partial charge >= 0.3 is 0 Å². The third-order valence-electron chi connectivity index (χ3n) is 0.953. The lowest BCUT2D eigenvalue weighted by atomic mass is 10.2. The van der Waals surface area contributed by atoms with Crippen molar-refractivity contribution in [1.82, 2.24) is 0 Å². The zero-order chi connectivity index (χ0) is 7.11. The molecule has 0 aliphatic heterocycles. The second kappa shape index (κ2) is 6.23. The van der Waals surface area contributed by atoms with Gasteiger partial charge in [0.2, 0.25) is 0 Å². The summed E-state index contributed by atoms with van der Waals surface area (Å²) in [5.74, 6) is 0.243. The second-order valence-electron chi connectivity index (χ2n) is 1.77. The SMILES string of the molecule is COCCCC(=O)CBr. The number of carbonyl (C=O) groups is 1. The van der Waals surface area contributed by atoms with Crippen molar-refractivity contribution in [1.29, 1.82) is 0 Å². The molecular weight excluding hydrogens is 184 g/mol. The van der Waals surface area contributed by atoms with Gasteiger partial charge in [0.25, 0.3) is 0 Å². The van der Waals surface area contributed by atoms with E-state index in [9.17, 15) is 4.79 Å². The highest BCUT2D eigenvalue weighted by Gasteiger charge is 1.96. The minimum Gasteiger partial charge on any atom is -0.385 e. The minimum absolute atomic E-state index is 0.243. The molecule has 0 bridgehead atoms. The molecular formula is C6H11BrO2. The van der Waals surface area contributed by atoms with Gasteiger partial charge in [-0.25, -0.2) is 0 Å². The highest BCUT2D eigenvalue weighted by Crippen LogP contribution is 1.93. The van der Waals surface area contributed by atoms with Crippen molar-refractivity contribution in [2.45, 2.75) is 12.8 Å². The van der Waals surface area contributed by atoms with Gasteiger partial charge in [-0.05, 0) is 6.42 Å². The third-order valence-corrected chi connectivity index (χ3v) is 1.58. The Morgan fingerprint density at radius 2 is 2.33 bits per heavy atom. The lowest BCUT2D eigenvalue weighted by molar-refractivity contribution is -0.116. The number of rotatable bonds is 5. The van der Waals surface area contributed by atoms with Crippen molar-refractivity contribution < 1.29 is 9.53 Å². The molecule has 9 heavy (non-hydrogen) atoms. The van der Waals surface area contributed by atoms with E-state index in [1.807, 2.05) is 0 Å². The van der Waals surface area contributed by atoms with E-state index in [2.05, 4.69) is 15.9 Å². The first-order valence-corrected chi connectivity index (χ1v) is 4.00. The summed E-state index contributed by atoms with van der Waals surface area (Å²) in [4.78, 5) is 10.6. The molecule has 3 heteroatoms. The number of ether oxygens (including phenoxy) is 1. The molecule has 0 aromatic carbocycles. The van der Waals surface area contributed by atoms with Crippen LogP contribution in [0.25, 0.3) is 0 Å². The first kappa shape index (κ1) is 9.11. The van der Waals surface area contributed by atoms with Gasteiger partial charge in [-0.2, -0.15) is 0 Å². The molecule has 0 aliphatic carbocycles. The Morgan fingerprint density at radius 1 is 1.67 bits per heavy atom. The summed E-state index contributed by atoms with van der Waals surface area (Å²) in [5.41, 5.74) is 0. The number of ketones is 1. The van der Waals surface area contributed by atoms with Crippen LogP contribution in [0.3, 0.4) is 0 Å². The zero-order valence-electron chi connectivity index (χ0n) is 5.52. The van der Waals surface area contributed by atoms with Gasteiger partial charge in [0, 0.05) is 20.1 Å². The summed E-state index contributed by atoms with van der Waals surface area (Å²) in [6, 6.07) is 0. The van der Waals surface area contributed by atoms with E-state index in [0.29, 0.717) is 18.4 Å². The van der Waals surface area contributed by atoms with Crippen molar-refractivity contribution in [3.05, 3.63) is 0 Å². The molecule has 0 fully saturated rings. The maximum Gasteiger partial charge on any atom is 0.143 e.